The monoisotopic (exact) mass is 383 g/mol. The van der Waals surface area contributed by atoms with Crippen molar-refractivity contribution >= 4 is 11.5 Å². The van der Waals surface area contributed by atoms with Crippen molar-refractivity contribution < 1.29 is 5.11 Å². The van der Waals surface area contributed by atoms with Crippen LogP contribution in [-0.2, 0) is 12.0 Å². The SMILES string of the molecule is CN(c1cccnc1)c1ncccc1CC(O)(c1cccnc1)c1cccnc1. The zero-order chi connectivity index (χ0) is 20.1. The van der Waals surface area contributed by atoms with E-state index in [-0.39, 0.29) is 0 Å². The molecule has 0 spiro atoms. The number of aromatic nitrogens is 4. The first kappa shape index (κ1) is 18.7. The van der Waals surface area contributed by atoms with Gasteiger partial charge in [0.1, 0.15) is 11.4 Å². The molecule has 0 atom stereocenters. The first-order valence-electron chi connectivity index (χ1n) is 9.29. The van der Waals surface area contributed by atoms with Crippen LogP contribution in [-0.4, -0.2) is 32.1 Å². The van der Waals surface area contributed by atoms with E-state index in [0.717, 1.165) is 17.1 Å². The van der Waals surface area contributed by atoms with Gasteiger partial charge in [-0.15, -0.1) is 0 Å². The van der Waals surface area contributed by atoms with Crippen molar-refractivity contribution in [2.24, 2.45) is 0 Å². The minimum Gasteiger partial charge on any atom is -0.380 e. The van der Waals surface area contributed by atoms with E-state index in [1.54, 1.807) is 43.4 Å². The van der Waals surface area contributed by atoms with E-state index in [4.69, 9.17) is 0 Å². The van der Waals surface area contributed by atoms with E-state index < -0.39 is 5.60 Å². The Hall–Kier alpha value is -3.64. The molecule has 29 heavy (non-hydrogen) atoms. The fourth-order valence-corrected chi connectivity index (χ4v) is 3.41. The lowest BCUT2D eigenvalue weighted by Crippen LogP contribution is -2.31. The molecule has 0 bridgehead atoms. The van der Waals surface area contributed by atoms with Gasteiger partial charge in [0.25, 0.3) is 0 Å². The van der Waals surface area contributed by atoms with E-state index in [1.807, 2.05) is 60.5 Å². The lowest BCUT2D eigenvalue weighted by atomic mass is 9.82. The predicted octanol–water partition coefficient (Wildman–Crippen LogP) is 3.51. The van der Waals surface area contributed by atoms with Crippen molar-refractivity contribution in [3.8, 4) is 0 Å². The molecule has 4 aromatic rings. The van der Waals surface area contributed by atoms with Crippen LogP contribution in [0.3, 0.4) is 0 Å². The van der Waals surface area contributed by atoms with Crippen molar-refractivity contribution in [2.75, 3.05) is 11.9 Å². The summed E-state index contributed by atoms with van der Waals surface area (Å²) < 4.78 is 0. The molecule has 4 rings (SSSR count). The third-order valence-corrected chi connectivity index (χ3v) is 4.94. The second kappa shape index (κ2) is 8.16. The van der Waals surface area contributed by atoms with Gasteiger partial charge in [-0.2, -0.15) is 0 Å². The van der Waals surface area contributed by atoms with Gasteiger partial charge >= 0.3 is 0 Å². The zero-order valence-corrected chi connectivity index (χ0v) is 16.1. The van der Waals surface area contributed by atoms with Crippen molar-refractivity contribution in [1.82, 2.24) is 19.9 Å². The van der Waals surface area contributed by atoms with Crippen molar-refractivity contribution in [1.29, 1.82) is 0 Å². The van der Waals surface area contributed by atoms with E-state index >= 15 is 0 Å². The van der Waals surface area contributed by atoms with Gasteiger partial charge in [0.05, 0.1) is 11.9 Å². The average Bonchev–Trinajstić information content (AvgIpc) is 2.80. The standard InChI is InChI=1S/C23H21N5O/c1-28(21-9-5-12-26-17-21)22-18(6-2-13-27-22)14-23(29,19-7-3-10-24-15-19)20-8-4-11-25-16-20/h2-13,15-17,29H,14H2,1H3. The van der Waals surface area contributed by atoms with Crippen LogP contribution >= 0.6 is 0 Å². The Morgan fingerprint density at radius 3 is 1.93 bits per heavy atom. The molecule has 0 saturated heterocycles. The number of aliphatic hydroxyl groups is 1. The summed E-state index contributed by atoms with van der Waals surface area (Å²) in [6.07, 6.45) is 12.4. The fraction of sp³-hybridized carbons (Fsp3) is 0.130. The van der Waals surface area contributed by atoms with Crippen LogP contribution in [0.15, 0.2) is 91.9 Å². The Labute approximate surface area is 169 Å². The highest BCUT2D eigenvalue weighted by molar-refractivity contribution is 5.61. The second-order valence-corrected chi connectivity index (χ2v) is 6.78. The van der Waals surface area contributed by atoms with E-state index in [0.29, 0.717) is 17.5 Å². The molecule has 0 radical (unpaired) electrons. The van der Waals surface area contributed by atoms with Crippen molar-refractivity contribution in [3.05, 3.63) is 109 Å². The Morgan fingerprint density at radius 2 is 1.38 bits per heavy atom. The van der Waals surface area contributed by atoms with Gasteiger partial charge < -0.3 is 10.0 Å². The molecule has 0 aliphatic carbocycles. The third-order valence-electron chi connectivity index (χ3n) is 4.94. The van der Waals surface area contributed by atoms with Crippen LogP contribution in [0.2, 0.25) is 0 Å². The highest BCUT2D eigenvalue weighted by Crippen LogP contribution is 2.35. The minimum absolute atomic E-state index is 0.318. The van der Waals surface area contributed by atoms with Gasteiger partial charge in [-0.3, -0.25) is 15.0 Å². The van der Waals surface area contributed by atoms with E-state index in [1.165, 1.54) is 0 Å². The lowest BCUT2D eigenvalue weighted by Gasteiger charge is -2.30. The van der Waals surface area contributed by atoms with Crippen LogP contribution in [0.1, 0.15) is 16.7 Å². The number of nitrogens with zero attached hydrogens (tertiary/aromatic N) is 5. The van der Waals surface area contributed by atoms with Gasteiger partial charge in [-0.25, -0.2) is 4.98 Å². The summed E-state index contributed by atoms with van der Waals surface area (Å²) in [7, 11) is 1.94. The zero-order valence-electron chi connectivity index (χ0n) is 16.1. The predicted molar refractivity (Wildman–Crippen MR) is 112 cm³/mol. The molecule has 6 nitrogen and oxygen atoms in total. The quantitative estimate of drug-likeness (QED) is 0.549. The molecule has 0 aliphatic rings. The Kier molecular flexibility index (Phi) is 5.27. The van der Waals surface area contributed by atoms with Crippen LogP contribution in [0.4, 0.5) is 11.5 Å². The van der Waals surface area contributed by atoms with E-state index in [9.17, 15) is 5.11 Å². The normalized spacial score (nSPS) is 11.2. The third kappa shape index (κ3) is 3.83. The van der Waals surface area contributed by atoms with Gasteiger partial charge in [0, 0.05) is 61.8 Å². The van der Waals surface area contributed by atoms with Gasteiger partial charge in [0.15, 0.2) is 0 Å². The fourth-order valence-electron chi connectivity index (χ4n) is 3.41. The molecular formula is C23H21N5O. The lowest BCUT2D eigenvalue weighted by molar-refractivity contribution is 0.0804. The minimum atomic E-state index is -1.30. The Morgan fingerprint density at radius 1 is 0.793 bits per heavy atom. The molecule has 0 aliphatic heterocycles. The summed E-state index contributed by atoms with van der Waals surface area (Å²) >= 11 is 0. The Bertz CT molecular complexity index is 1020. The molecule has 6 heteroatoms. The van der Waals surface area contributed by atoms with Gasteiger partial charge in [0.2, 0.25) is 0 Å². The van der Waals surface area contributed by atoms with Gasteiger partial charge in [-0.05, 0) is 35.9 Å². The molecule has 0 aromatic carbocycles. The molecule has 4 aromatic heterocycles. The molecule has 1 N–H and O–H groups in total. The Balaban J connectivity index is 1.79. The summed E-state index contributed by atoms with van der Waals surface area (Å²) in [5.74, 6) is 0.756. The molecule has 0 saturated carbocycles. The summed E-state index contributed by atoms with van der Waals surface area (Å²) in [5.41, 5.74) is 1.92. The summed E-state index contributed by atoms with van der Waals surface area (Å²) in [5, 5.41) is 11.8. The smallest absolute Gasteiger partial charge is 0.136 e. The molecule has 144 valence electrons. The van der Waals surface area contributed by atoms with E-state index in [2.05, 4.69) is 19.9 Å². The second-order valence-electron chi connectivity index (χ2n) is 6.78. The average molecular weight is 383 g/mol. The molecule has 0 unspecified atom stereocenters. The van der Waals surface area contributed by atoms with Crippen LogP contribution < -0.4 is 4.90 Å². The highest BCUT2D eigenvalue weighted by atomic mass is 16.3. The summed E-state index contributed by atoms with van der Waals surface area (Å²) in [4.78, 5) is 19.2. The van der Waals surface area contributed by atoms with Crippen molar-refractivity contribution in [3.63, 3.8) is 0 Å². The van der Waals surface area contributed by atoms with Gasteiger partial charge in [-0.1, -0.05) is 18.2 Å². The number of anilines is 2. The number of pyridine rings is 4. The van der Waals surface area contributed by atoms with Crippen LogP contribution in [0.5, 0.6) is 0 Å². The highest BCUT2D eigenvalue weighted by Gasteiger charge is 2.34. The maximum absolute atomic E-state index is 11.8. The summed E-state index contributed by atoms with van der Waals surface area (Å²) in [6.45, 7) is 0. The molecular weight excluding hydrogens is 362 g/mol. The van der Waals surface area contributed by atoms with Crippen LogP contribution in [0.25, 0.3) is 0 Å². The topological polar surface area (TPSA) is 75.0 Å². The summed E-state index contributed by atoms with van der Waals surface area (Å²) in [6, 6.07) is 15.1. The number of hydrogen-bond donors (Lipinski definition) is 1. The first-order chi connectivity index (χ1) is 14.2. The van der Waals surface area contributed by atoms with Crippen molar-refractivity contribution in [2.45, 2.75) is 12.0 Å². The molecule has 0 fully saturated rings. The maximum atomic E-state index is 11.8. The molecule has 0 amide bonds. The largest absolute Gasteiger partial charge is 0.380 e. The first-order valence-corrected chi connectivity index (χ1v) is 9.29. The number of rotatable bonds is 6. The molecule has 4 heterocycles. The van der Waals surface area contributed by atoms with Crippen LogP contribution in [0, 0.1) is 0 Å². The number of hydrogen-bond acceptors (Lipinski definition) is 6. The maximum Gasteiger partial charge on any atom is 0.136 e.